The first kappa shape index (κ1) is 51.2. The third-order valence-electron chi connectivity index (χ3n) is 12.2. The molecule has 0 unspecified atom stereocenters. The van der Waals surface area contributed by atoms with Crippen molar-refractivity contribution in [3.8, 4) is 11.1 Å². The average Bonchev–Trinajstić information content (AvgIpc) is 3.32. The Hall–Kier alpha value is -4.66. The first-order valence-electron chi connectivity index (χ1n) is 22.2. The average molecular weight is 1010 g/mol. The van der Waals surface area contributed by atoms with Crippen molar-refractivity contribution in [3.05, 3.63) is 137 Å². The molecule has 5 aromatic carbocycles. The molecule has 2 aliphatic rings. The number of morpholine rings is 1. The molecular formula is C49H55ClF3N5O7S3. The van der Waals surface area contributed by atoms with Gasteiger partial charge in [-0.3, -0.25) is 9.69 Å². The van der Waals surface area contributed by atoms with Crippen molar-refractivity contribution in [3.63, 3.8) is 0 Å². The third kappa shape index (κ3) is 12.8. The number of sulfonamides is 1. The van der Waals surface area contributed by atoms with Crippen LogP contribution in [0.4, 0.5) is 24.5 Å². The second-order valence-corrected chi connectivity index (χ2v) is 22.4. The lowest BCUT2D eigenvalue weighted by Crippen LogP contribution is -2.51. The Bertz CT molecular complexity index is 2710. The number of alkyl halides is 3. The second kappa shape index (κ2) is 22.4. The first-order chi connectivity index (χ1) is 32.4. The quantitative estimate of drug-likeness (QED) is 0.0723. The van der Waals surface area contributed by atoms with Crippen LogP contribution >= 0.6 is 23.4 Å². The highest BCUT2D eigenvalue weighted by Crippen LogP contribution is 2.39. The number of rotatable bonds is 18. The van der Waals surface area contributed by atoms with Gasteiger partial charge in [-0.25, -0.2) is 21.6 Å². The number of aliphatic hydroxyl groups excluding tert-OH is 1. The van der Waals surface area contributed by atoms with Crippen LogP contribution in [0.25, 0.3) is 11.1 Å². The van der Waals surface area contributed by atoms with Crippen molar-refractivity contribution in [2.75, 3.05) is 76.0 Å². The van der Waals surface area contributed by atoms with E-state index in [4.69, 9.17) is 16.3 Å². The van der Waals surface area contributed by atoms with Gasteiger partial charge in [0.05, 0.1) is 29.9 Å². The van der Waals surface area contributed by atoms with Crippen molar-refractivity contribution in [1.29, 1.82) is 0 Å². The fraction of sp³-hybridized carbons (Fsp3) is 0.367. The van der Waals surface area contributed by atoms with Gasteiger partial charge in [0.2, 0.25) is 0 Å². The molecule has 7 rings (SSSR count). The molecule has 0 bridgehead atoms. The number of piperidine rings is 1. The topological polar surface area (TPSA) is 149 Å². The SMILES string of the molecule is CN(C)C[C@H]1COCCN1CC[C@H](CSc1ccccc1)Nc1ccc(S(=O)(=O)NC(=O)c2ccc(N3CCC([C@@H](O)c4ccccc4-c4ccc(Cl)cc4)CC3)cc2)cc1S(=O)(=O)C(F)(F)F. The van der Waals surface area contributed by atoms with E-state index < -0.39 is 58.9 Å². The molecule has 19 heteroatoms. The predicted octanol–water partition coefficient (Wildman–Crippen LogP) is 8.59. The molecule has 0 aliphatic carbocycles. The maximum Gasteiger partial charge on any atom is 0.501 e. The van der Waals surface area contributed by atoms with Crippen LogP contribution in [0.15, 0.2) is 136 Å². The number of hydrogen-bond donors (Lipinski definition) is 3. The summed E-state index contributed by atoms with van der Waals surface area (Å²) < 4.78 is 104. The summed E-state index contributed by atoms with van der Waals surface area (Å²) >= 11 is 7.55. The number of carbonyl (C=O) groups excluding carboxylic acids is 1. The van der Waals surface area contributed by atoms with Crippen LogP contribution in [0, 0.1) is 5.92 Å². The summed E-state index contributed by atoms with van der Waals surface area (Å²) in [6.07, 6.45) is 1.06. The molecule has 12 nitrogen and oxygen atoms in total. The van der Waals surface area contributed by atoms with Crippen LogP contribution < -0.4 is 14.9 Å². The monoisotopic (exact) mass is 1010 g/mol. The van der Waals surface area contributed by atoms with E-state index in [1.165, 1.54) is 23.9 Å². The van der Waals surface area contributed by atoms with Gasteiger partial charge in [-0.05, 0) is 123 Å². The fourth-order valence-electron chi connectivity index (χ4n) is 8.60. The molecule has 3 N–H and O–H groups in total. The van der Waals surface area contributed by atoms with Gasteiger partial charge in [0.15, 0.2) is 0 Å². The summed E-state index contributed by atoms with van der Waals surface area (Å²) in [5.74, 6) is -0.739. The van der Waals surface area contributed by atoms with Crippen molar-refractivity contribution >= 4 is 60.5 Å². The number of nitrogens with zero attached hydrogens (tertiary/aromatic N) is 3. The maximum atomic E-state index is 14.3. The van der Waals surface area contributed by atoms with E-state index in [-0.39, 0.29) is 17.5 Å². The van der Waals surface area contributed by atoms with Crippen molar-refractivity contribution < 1.29 is 44.6 Å². The Morgan fingerprint density at radius 2 is 1.57 bits per heavy atom. The number of carbonyl (C=O) groups is 1. The van der Waals surface area contributed by atoms with Gasteiger partial charge in [0.1, 0.15) is 4.90 Å². The van der Waals surface area contributed by atoms with E-state index in [0.717, 1.165) is 46.0 Å². The molecule has 1 amide bonds. The number of thioether (sulfide) groups is 1. The van der Waals surface area contributed by atoms with E-state index in [1.807, 2.05) is 103 Å². The number of anilines is 2. The molecule has 364 valence electrons. The van der Waals surface area contributed by atoms with Gasteiger partial charge < -0.3 is 25.0 Å². The minimum absolute atomic E-state index is 0.0203. The fourth-order valence-corrected chi connectivity index (χ4v) is 11.7. The molecule has 0 radical (unpaired) electrons. The Balaban J connectivity index is 1.04. The van der Waals surface area contributed by atoms with Gasteiger partial charge in [-0.15, -0.1) is 11.8 Å². The number of halogens is 4. The Morgan fingerprint density at radius 3 is 2.25 bits per heavy atom. The van der Waals surface area contributed by atoms with Gasteiger partial charge in [0, 0.05) is 71.7 Å². The van der Waals surface area contributed by atoms with Gasteiger partial charge >= 0.3 is 5.51 Å². The van der Waals surface area contributed by atoms with E-state index >= 15 is 0 Å². The normalized spacial score (nSPS) is 17.5. The number of sulfone groups is 1. The van der Waals surface area contributed by atoms with E-state index in [2.05, 4.69) is 15.1 Å². The number of hydrogen-bond acceptors (Lipinski definition) is 12. The molecule has 68 heavy (non-hydrogen) atoms. The molecule has 2 heterocycles. The van der Waals surface area contributed by atoms with Gasteiger partial charge in [0.25, 0.3) is 25.8 Å². The zero-order chi connectivity index (χ0) is 48.6. The summed E-state index contributed by atoms with van der Waals surface area (Å²) in [5, 5.41) is 15.2. The van der Waals surface area contributed by atoms with Crippen molar-refractivity contribution in [2.24, 2.45) is 5.92 Å². The minimum atomic E-state index is -6.10. The van der Waals surface area contributed by atoms with E-state index in [0.29, 0.717) is 75.5 Å². The Morgan fingerprint density at radius 1 is 0.897 bits per heavy atom. The van der Waals surface area contributed by atoms with Crippen molar-refractivity contribution in [1.82, 2.24) is 14.5 Å². The lowest BCUT2D eigenvalue weighted by Gasteiger charge is -2.37. The number of amides is 1. The van der Waals surface area contributed by atoms with Crippen LogP contribution in [0.3, 0.4) is 0 Å². The first-order valence-corrected chi connectivity index (χ1v) is 26.5. The summed E-state index contributed by atoms with van der Waals surface area (Å²) in [6.45, 7) is 4.13. The smallest absolute Gasteiger partial charge is 0.388 e. The van der Waals surface area contributed by atoms with Crippen LogP contribution in [-0.2, 0) is 24.6 Å². The Kier molecular flexibility index (Phi) is 16.9. The van der Waals surface area contributed by atoms with Crippen LogP contribution in [0.5, 0.6) is 0 Å². The molecule has 0 aromatic heterocycles. The molecule has 5 aromatic rings. The number of nitrogens with one attached hydrogen (secondary N) is 2. The molecule has 0 spiro atoms. The van der Waals surface area contributed by atoms with Crippen LogP contribution in [-0.4, -0.2) is 121 Å². The van der Waals surface area contributed by atoms with E-state index in [1.54, 1.807) is 12.1 Å². The molecule has 2 aliphatic heterocycles. The standard InChI is InChI=1S/C49H55ClF3N5O7S3/c1-56(2)31-40-32-65-29-28-58(40)27-24-38(33-66-41-8-4-3-5-9-41)54-45-21-20-42(30-46(45)67(61,62)49(51,52)53)68(63,64)55-48(60)36-14-18-39(19-15-36)57-25-22-35(23-26-57)47(59)44-11-7-6-10-43(44)34-12-16-37(50)17-13-34/h3-21,30,35,38,40,47,54,59H,22-29,31-33H2,1-2H3,(H,55,60)/t38-,40+,47-/m1/s1. The van der Waals surface area contributed by atoms with Gasteiger partial charge in [-0.2, -0.15) is 13.2 Å². The summed E-state index contributed by atoms with van der Waals surface area (Å²) in [7, 11) is -7.08. The number of ether oxygens (including phenoxy) is 1. The maximum absolute atomic E-state index is 14.3. The lowest BCUT2D eigenvalue weighted by molar-refractivity contribution is -0.0435. The number of benzene rings is 5. The molecule has 3 atom stereocenters. The highest BCUT2D eigenvalue weighted by molar-refractivity contribution is 7.99. The number of aliphatic hydroxyl groups is 1. The minimum Gasteiger partial charge on any atom is -0.388 e. The zero-order valence-electron chi connectivity index (χ0n) is 37.6. The van der Waals surface area contributed by atoms with Crippen LogP contribution in [0.2, 0.25) is 5.02 Å². The lowest BCUT2D eigenvalue weighted by atomic mass is 9.84. The third-order valence-corrected chi connectivity index (χ3v) is 16.5. The van der Waals surface area contributed by atoms with Gasteiger partial charge in [-0.1, -0.05) is 66.2 Å². The largest absolute Gasteiger partial charge is 0.501 e. The molecule has 2 saturated heterocycles. The summed E-state index contributed by atoms with van der Waals surface area (Å²) in [6, 6.07) is 32.7. The second-order valence-electron chi connectivity index (χ2n) is 17.2. The Labute approximate surface area is 405 Å². The predicted molar refractivity (Wildman–Crippen MR) is 261 cm³/mol. The van der Waals surface area contributed by atoms with Crippen molar-refractivity contribution in [2.45, 2.75) is 57.6 Å². The van der Waals surface area contributed by atoms with E-state index in [9.17, 15) is 39.9 Å². The molecular weight excluding hydrogens is 959 g/mol. The molecule has 2 fully saturated rings. The zero-order valence-corrected chi connectivity index (χ0v) is 40.8. The van der Waals surface area contributed by atoms with Crippen LogP contribution in [0.1, 0.15) is 41.3 Å². The highest BCUT2D eigenvalue weighted by Gasteiger charge is 2.48. The highest BCUT2D eigenvalue weighted by atomic mass is 35.5. The summed E-state index contributed by atoms with van der Waals surface area (Å²) in [4.78, 5) is 18.5. The summed E-state index contributed by atoms with van der Waals surface area (Å²) in [5.41, 5.74) is -2.76. The number of likely N-dealkylation sites (N-methyl/N-ethyl adjacent to an activating group) is 1. The molecule has 0 saturated carbocycles.